The van der Waals surface area contributed by atoms with Crippen molar-refractivity contribution in [2.24, 2.45) is 0 Å². The third kappa shape index (κ3) is 6.87. The van der Waals surface area contributed by atoms with E-state index in [0.29, 0.717) is 0 Å². The van der Waals surface area contributed by atoms with Crippen LogP contribution in [0.25, 0.3) is 0 Å². The van der Waals surface area contributed by atoms with Crippen LogP contribution < -0.4 is 0 Å². The zero-order valence-electron chi connectivity index (χ0n) is 8.71. The first kappa shape index (κ1) is 13.9. The molecule has 0 atom stereocenters. The molecule has 0 aromatic carbocycles. The Kier molecular flexibility index (Phi) is 10.0. The molecule has 13 heavy (non-hydrogen) atoms. The molecule has 1 nitrogen and oxygen atoms in total. The Labute approximate surface area is 101 Å². The average Bonchev–Trinajstić information content (AvgIpc) is 2.17. The molecule has 0 fully saturated rings. The van der Waals surface area contributed by atoms with Gasteiger partial charge in [0.15, 0.2) is 0 Å². The fraction of sp³-hybridized carbons (Fsp3) is 0.889. The fourth-order valence-electron chi connectivity index (χ4n) is 1.08. The summed E-state index contributed by atoms with van der Waals surface area (Å²) >= 11 is 6.54. The van der Waals surface area contributed by atoms with Crippen molar-refractivity contribution in [1.82, 2.24) is 4.90 Å². The number of unbranched alkanes of at least 4 members (excludes halogenated alkanes) is 2. The predicted octanol–water partition coefficient (Wildman–Crippen LogP) is 3.37. The number of nitrogens with zero attached hydrogens (tertiary/aromatic N) is 1. The summed E-state index contributed by atoms with van der Waals surface area (Å²) in [6.07, 6.45) is 5.06. The number of rotatable bonds is 6. The van der Waals surface area contributed by atoms with Gasteiger partial charge in [0.1, 0.15) is 0 Å². The van der Waals surface area contributed by atoms with Crippen LogP contribution in [0.5, 0.6) is 0 Å². The van der Waals surface area contributed by atoms with Crippen LogP contribution in [0.15, 0.2) is 0 Å². The van der Waals surface area contributed by atoms with E-state index in [9.17, 15) is 0 Å². The molecule has 0 bridgehead atoms. The van der Waals surface area contributed by atoms with Crippen molar-refractivity contribution in [3.8, 4) is 0 Å². The van der Waals surface area contributed by atoms with Gasteiger partial charge in [-0.1, -0.05) is 0 Å². The van der Waals surface area contributed by atoms with Crippen LogP contribution in [0, 0.1) is 0 Å². The number of hydrogen-bond donors (Lipinski definition) is 0. The van der Waals surface area contributed by atoms with E-state index < -0.39 is 0 Å². The van der Waals surface area contributed by atoms with Gasteiger partial charge in [-0.2, -0.15) is 0 Å². The first-order valence-electron chi connectivity index (χ1n) is 4.97. The molecule has 0 unspecified atom stereocenters. The maximum absolute atomic E-state index is 5.32. The summed E-state index contributed by atoms with van der Waals surface area (Å²) in [5.41, 5.74) is 0. The molecule has 0 spiro atoms. The van der Waals surface area contributed by atoms with Crippen LogP contribution in [0.4, 0.5) is 0 Å². The van der Waals surface area contributed by atoms with Crippen molar-refractivity contribution in [2.75, 3.05) is 13.1 Å². The van der Waals surface area contributed by atoms with Gasteiger partial charge in [-0.3, -0.25) is 0 Å². The minimum atomic E-state index is 1.11. The molecular formula is C9H18NS2Zn. The number of hydrogen-bond acceptors (Lipinski definition) is 2. The Morgan fingerprint density at radius 1 is 1.23 bits per heavy atom. The quantitative estimate of drug-likeness (QED) is 0.538. The summed E-state index contributed by atoms with van der Waals surface area (Å²) in [6.45, 7) is 6.77. The predicted molar refractivity (Wildman–Crippen MR) is 61.6 cm³/mol. The standard InChI is InChI=1S/C9H19NS2.Zn/c1-3-5-7-10(9(11)12)8-6-4-2;/h3-8H2,1-2H3,(H,11,12);/q;+1/p-1. The van der Waals surface area contributed by atoms with Gasteiger partial charge >= 0.3 is 101 Å². The van der Waals surface area contributed by atoms with E-state index in [4.69, 9.17) is 12.2 Å². The molecule has 0 saturated heterocycles. The molecule has 0 aliphatic rings. The van der Waals surface area contributed by atoms with E-state index in [1.54, 1.807) is 0 Å². The fourth-order valence-corrected chi connectivity index (χ4v) is 2.78. The maximum atomic E-state index is 5.32. The van der Waals surface area contributed by atoms with Gasteiger partial charge in [0.25, 0.3) is 0 Å². The van der Waals surface area contributed by atoms with Gasteiger partial charge in [0, 0.05) is 0 Å². The van der Waals surface area contributed by atoms with Crippen LogP contribution in [0.3, 0.4) is 0 Å². The Bertz CT molecular complexity index is 134. The van der Waals surface area contributed by atoms with Gasteiger partial charge in [0.05, 0.1) is 0 Å². The van der Waals surface area contributed by atoms with Crippen LogP contribution in [0.1, 0.15) is 39.5 Å². The van der Waals surface area contributed by atoms with Gasteiger partial charge in [-0.15, -0.1) is 0 Å². The molecule has 0 aliphatic carbocycles. The van der Waals surface area contributed by atoms with Crippen LogP contribution in [-0.4, -0.2) is 22.3 Å². The Balaban J connectivity index is 3.79. The molecular weight excluding hydrogens is 252 g/mol. The molecule has 0 saturated carbocycles. The molecule has 0 aliphatic heterocycles. The Hall–Kier alpha value is 0.863. The third-order valence-electron chi connectivity index (χ3n) is 1.94. The summed E-state index contributed by atoms with van der Waals surface area (Å²) < 4.78 is 1.11. The third-order valence-corrected chi connectivity index (χ3v) is 6.10. The van der Waals surface area contributed by atoms with Gasteiger partial charge < -0.3 is 0 Å². The van der Waals surface area contributed by atoms with Crippen molar-refractivity contribution < 1.29 is 17.1 Å². The molecule has 0 amide bonds. The summed E-state index contributed by atoms with van der Waals surface area (Å²) in [5, 5.41) is 0. The Morgan fingerprint density at radius 3 is 2.00 bits per heavy atom. The molecule has 0 rings (SSSR count). The van der Waals surface area contributed by atoms with E-state index in [1.165, 1.54) is 42.8 Å². The minimum absolute atomic E-state index is 1.11. The summed E-state index contributed by atoms with van der Waals surface area (Å²) in [4.78, 5) is 2.37. The van der Waals surface area contributed by atoms with Gasteiger partial charge in [-0.25, -0.2) is 0 Å². The van der Waals surface area contributed by atoms with E-state index in [1.807, 2.05) is 9.75 Å². The topological polar surface area (TPSA) is 3.24 Å². The van der Waals surface area contributed by atoms with Gasteiger partial charge in [-0.05, 0) is 0 Å². The second-order valence-corrected chi connectivity index (χ2v) is 6.24. The van der Waals surface area contributed by atoms with Crippen LogP contribution in [-0.2, 0) is 17.1 Å². The summed E-state index contributed by atoms with van der Waals surface area (Å²) in [6, 6.07) is 0. The van der Waals surface area contributed by atoms with Gasteiger partial charge in [0.2, 0.25) is 0 Å². The number of thiocarbonyl (C=S) groups is 1. The molecule has 0 aromatic rings. The molecule has 0 aromatic heterocycles. The summed E-state index contributed by atoms with van der Waals surface area (Å²) in [5.74, 6) is 0. The van der Waals surface area contributed by atoms with Crippen LogP contribution >= 0.6 is 22.0 Å². The molecule has 0 radical (unpaired) electrons. The van der Waals surface area contributed by atoms with Crippen molar-refractivity contribution in [3.05, 3.63) is 0 Å². The SMILES string of the molecule is CCCCN(CCCC)C(=S)[S][Zn]. The molecule has 4 heteroatoms. The zero-order chi connectivity index (χ0) is 10.1. The van der Waals surface area contributed by atoms with Crippen LogP contribution in [0.2, 0.25) is 0 Å². The molecule has 0 heterocycles. The normalized spacial score (nSPS) is 10.2. The second kappa shape index (κ2) is 9.42. The Morgan fingerprint density at radius 2 is 1.69 bits per heavy atom. The van der Waals surface area contributed by atoms with Crippen molar-refractivity contribution in [2.45, 2.75) is 39.5 Å². The van der Waals surface area contributed by atoms with Crippen molar-refractivity contribution in [1.29, 1.82) is 0 Å². The molecule has 0 N–H and O–H groups in total. The monoisotopic (exact) mass is 268 g/mol. The first-order chi connectivity index (χ1) is 6.26. The van der Waals surface area contributed by atoms with E-state index in [0.717, 1.165) is 17.4 Å². The van der Waals surface area contributed by atoms with Crippen molar-refractivity contribution >= 4 is 26.3 Å². The average molecular weight is 270 g/mol. The van der Waals surface area contributed by atoms with E-state index in [-0.39, 0.29) is 0 Å². The van der Waals surface area contributed by atoms with E-state index >= 15 is 0 Å². The summed E-state index contributed by atoms with van der Waals surface area (Å²) in [7, 11) is 1.82. The zero-order valence-corrected chi connectivity index (χ0v) is 13.3. The molecule has 73 valence electrons. The second-order valence-electron chi connectivity index (χ2n) is 3.10. The first-order valence-corrected chi connectivity index (χ1v) is 10.00. The van der Waals surface area contributed by atoms with Crippen molar-refractivity contribution in [3.63, 3.8) is 0 Å². The van der Waals surface area contributed by atoms with E-state index in [2.05, 4.69) is 18.7 Å².